The third-order valence-electron chi connectivity index (χ3n) is 2.68. The van der Waals surface area contributed by atoms with Gasteiger partial charge < -0.3 is 10.1 Å². The third kappa shape index (κ3) is 3.96. The first kappa shape index (κ1) is 14.3. The Hall–Kier alpha value is -2.08. The molecule has 0 saturated heterocycles. The zero-order valence-electron chi connectivity index (χ0n) is 11.0. The Morgan fingerprint density at radius 1 is 1.55 bits per heavy atom. The van der Waals surface area contributed by atoms with Crippen LogP contribution in [0.3, 0.4) is 0 Å². The summed E-state index contributed by atoms with van der Waals surface area (Å²) in [5.41, 5.74) is 0. The van der Waals surface area contributed by atoms with Crippen LogP contribution in [0.25, 0.3) is 0 Å². The minimum absolute atomic E-state index is 0.134. The molecule has 1 aromatic carbocycles. The highest BCUT2D eigenvalue weighted by Gasteiger charge is 2.14. The lowest BCUT2D eigenvalue weighted by atomic mass is 10.3. The minimum atomic E-state index is -0.399. The number of carbonyl (C=O) groups excluding carboxylic acids is 1. The summed E-state index contributed by atoms with van der Waals surface area (Å²) in [5.74, 6) is 0.543. The van der Waals surface area contributed by atoms with E-state index in [9.17, 15) is 4.79 Å². The topological polar surface area (TPSA) is 69.0 Å². The number of benzene rings is 1. The van der Waals surface area contributed by atoms with Gasteiger partial charge in [-0.25, -0.2) is 9.67 Å². The number of nitrogens with zero attached hydrogens (tertiary/aromatic N) is 3. The summed E-state index contributed by atoms with van der Waals surface area (Å²) in [7, 11) is 0. The number of carbonyl (C=O) groups is 1. The molecule has 1 amide bonds. The van der Waals surface area contributed by atoms with E-state index >= 15 is 0 Å². The van der Waals surface area contributed by atoms with E-state index in [0.717, 1.165) is 0 Å². The molecule has 0 aliphatic carbocycles. The summed E-state index contributed by atoms with van der Waals surface area (Å²) in [6.45, 7) is 2.53. The van der Waals surface area contributed by atoms with Crippen molar-refractivity contribution in [2.45, 2.75) is 13.0 Å². The van der Waals surface area contributed by atoms with Gasteiger partial charge in [0.1, 0.15) is 31.1 Å². The predicted octanol–water partition coefficient (Wildman–Crippen LogP) is 1.69. The van der Waals surface area contributed by atoms with Gasteiger partial charge in [0.25, 0.3) is 0 Å². The Morgan fingerprint density at radius 2 is 2.40 bits per heavy atom. The van der Waals surface area contributed by atoms with Gasteiger partial charge in [0, 0.05) is 5.02 Å². The van der Waals surface area contributed by atoms with Gasteiger partial charge in [0.2, 0.25) is 5.91 Å². The summed E-state index contributed by atoms with van der Waals surface area (Å²) in [6, 6.07) is 6.72. The minimum Gasteiger partial charge on any atom is -0.492 e. The van der Waals surface area contributed by atoms with E-state index in [1.165, 1.54) is 17.3 Å². The van der Waals surface area contributed by atoms with E-state index in [4.69, 9.17) is 16.3 Å². The molecule has 106 valence electrons. The molecule has 1 N–H and O–H groups in total. The van der Waals surface area contributed by atoms with Crippen molar-refractivity contribution < 1.29 is 9.53 Å². The second-order valence-electron chi connectivity index (χ2n) is 4.15. The number of aromatic nitrogens is 3. The molecule has 7 heteroatoms. The van der Waals surface area contributed by atoms with Gasteiger partial charge in [-0.15, -0.1) is 0 Å². The van der Waals surface area contributed by atoms with Crippen LogP contribution >= 0.6 is 11.6 Å². The molecule has 0 aliphatic heterocycles. The molecule has 0 fully saturated rings. The maximum Gasteiger partial charge on any atom is 0.244 e. The zero-order valence-corrected chi connectivity index (χ0v) is 11.7. The van der Waals surface area contributed by atoms with Crippen LogP contribution in [0.4, 0.5) is 0 Å². The SMILES string of the molecule is C[C@H](C(=O)NCCOc1cccc(Cl)c1)n1cncn1. The smallest absolute Gasteiger partial charge is 0.244 e. The second-order valence-corrected chi connectivity index (χ2v) is 4.58. The third-order valence-corrected chi connectivity index (χ3v) is 2.91. The normalized spacial score (nSPS) is 11.9. The fraction of sp³-hybridized carbons (Fsp3) is 0.308. The van der Waals surface area contributed by atoms with Crippen molar-refractivity contribution >= 4 is 17.5 Å². The van der Waals surface area contributed by atoms with E-state index in [0.29, 0.717) is 23.9 Å². The van der Waals surface area contributed by atoms with Crippen molar-refractivity contribution in [3.63, 3.8) is 0 Å². The van der Waals surface area contributed by atoms with Crippen molar-refractivity contribution in [3.05, 3.63) is 41.9 Å². The molecule has 1 atom stereocenters. The first-order chi connectivity index (χ1) is 9.66. The zero-order chi connectivity index (χ0) is 14.4. The van der Waals surface area contributed by atoms with E-state index in [1.54, 1.807) is 19.1 Å². The number of hydrogen-bond acceptors (Lipinski definition) is 4. The summed E-state index contributed by atoms with van der Waals surface area (Å²) in [4.78, 5) is 15.6. The van der Waals surface area contributed by atoms with Gasteiger partial charge in [0.15, 0.2) is 0 Å². The highest BCUT2D eigenvalue weighted by Crippen LogP contribution is 2.16. The van der Waals surface area contributed by atoms with Crippen LogP contribution in [0.15, 0.2) is 36.9 Å². The molecule has 0 bridgehead atoms. The van der Waals surface area contributed by atoms with Gasteiger partial charge in [-0.05, 0) is 25.1 Å². The monoisotopic (exact) mass is 294 g/mol. The highest BCUT2D eigenvalue weighted by molar-refractivity contribution is 6.30. The van der Waals surface area contributed by atoms with Crippen LogP contribution in [-0.4, -0.2) is 33.8 Å². The van der Waals surface area contributed by atoms with Gasteiger partial charge in [-0.1, -0.05) is 17.7 Å². The molecule has 0 radical (unpaired) electrons. The van der Waals surface area contributed by atoms with E-state index in [-0.39, 0.29) is 5.91 Å². The largest absolute Gasteiger partial charge is 0.492 e. The molecule has 0 unspecified atom stereocenters. The average molecular weight is 295 g/mol. The van der Waals surface area contributed by atoms with Crippen molar-refractivity contribution in [2.75, 3.05) is 13.2 Å². The van der Waals surface area contributed by atoms with Crippen LogP contribution in [0.2, 0.25) is 5.02 Å². The van der Waals surface area contributed by atoms with Crippen LogP contribution in [-0.2, 0) is 4.79 Å². The fourth-order valence-electron chi connectivity index (χ4n) is 1.59. The lowest BCUT2D eigenvalue weighted by Crippen LogP contribution is -2.34. The van der Waals surface area contributed by atoms with Gasteiger partial charge >= 0.3 is 0 Å². The standard InChI is InChI=1S/C13H15ClN4O2/c1-10(18-9-15-8-17-18)13(19)16-5-6-20-12-4-2-3-11(14)7-12/h2-4,7-10H,5-6H2,1H3,(H,16,19)/t10-/m1/s1. The van der Waals surface area contributed by atoms with Crippen LogP contribution in [0.5, 0.6) is 5.75 Å². The maximum absolute atomic E-state index is 11.8. The van der Waals surface area contributed by atoms with E-state index in [2.05, 4.69) is 15.4 Å². The van der Waals surface area contributed by atoms with Gasteiger partial charge in [-0.3, -0.25) is 4.79 Å². The number of nitrogens with one attached hydrogen (secondary N) is 1. The molecule has 2 aromatic rings. The summed E-state index contributed by atoms with van der Waals surface area (Å²) in [5, 5.41) is 7.31. The molecule has 20 heavy (non-hydrogen) atoms. The molecular formula is C13H15ClN4O2. The Bertz CT molecular complexity index is 559. The molecule has 0 saturated carbocycles. The van der Waals surface area contributed by atoms with Crippen molar-refractivity contribution in [1.29, 1.82) is 0 Å². The number of hydrogen-bond donors (Lipinski definition) is 1. The first-order valence-corrected chi connectivity index (χ1v) is 6.55. The highest BCUT2D eigenvalue weighted by atomic mass is 35.5. The lowest BCUT2D eigenvalue weighted by molar-refractivity contribution is -0.124. The number of rotatable bonds is 6. The second kappa shape index (κ2) is 6.91. The molecule has 1 heterocycles. The molecule has 6 nitrogen and oxygen atoms in total. The quantitative estimate of drug-likeness (QED) is 0.823. The van der Waals surface area contributed by atoms with Crippen LogP contribution < -0.4 is 10.1 Å². The van der Waals surface area contributed by atoms with Crippen LogP contribution in [0, 0.1) is 0 Å². The Kier molecular flexibility index (Phi) is 4.95. The summed E-state index contributed by atoms with van der Waals surface area (Å²) < 4.78 is 6.97. The Labute approximate surface area is 121 Å². The Balaban J connectivity index is 1.72. The van der Waals surface area contributed by atoms with Crippen molar-refractivity contribution in [3.8, 4) is 5.75 Å². The van der Waals surface area contributed by atoms with Crippen LogP contribution in [0.1, 0.15) is 13.0 Å². The van der Waals surface area contributed by atoms with E-state index < -0.39 is 6.04 Å². The number of halogens is 1. The first-order valence-electron chi connectivity index (χ1n) is 6.17. The number of amides is 1. The lowest BCUT2D eigenvalue weighted by Gasteiger charge is -2.12. The average Bonchev–Trinajstić information content (AvgIpc) is 2.96. The van der Waals surface area contributed by atoms with Crippen molar-refractivity contribution in [2.24, 2.45) is 0 Å². The molecule has 1 aromatic heterocycles. The molecule has 0 spiro atoms. The van der Waals surface area contributed by atoms with Gasteiger partial charge in [-0.2, -0.15) is 5.10 Å². The maximum atomic E-state index is 11.8. The molecule has 0 aliphatic rings. The summed E-state index contributed by atoms with van der Waals surface area (Å²) in [6.07, 6.45) is 2.90. The van der Waals surface area contributed by atoms with Gasteiger partial charge in [0.05, 0.1) is 6.54 Å². The number of ether oxygens (including phenoxy) is 1. The summed E-state index contributed by atoms with van der Waals surface area (Å²) >= 11 is 5.84. The predicted molar refractivity (Wildman–Crippen MR) is 74.7 cm³/mol. The van der Waals surface area contributed by atoms with E-state index in [1.807, 2.05) is 12.1 Å². The molecular weight excluding hydrogens is 280 g/mol. The Morgan fingerprint density at radius 3 is 3.10 bits per heavy atom. The molecule has 2 rings (SSSR count). The fourth-order valence-corrected chi connectivity index (χ4v) is 1.77. The van der Waals surface area contributed by atoms with Crippen molar-refractivity contribution in [1.82, 2.24) is 20.1 Å².